The maximum atomic E-state index is 8.83. The van der Waals surface area contributed by atoms with Crippen molar-refractivity contribution in [3.63, 3.8) is 0 Å². The Kier molecular flexibility index (Phi) is 2.83. The Morgan fingerprint density at radius 2 is 2.00 bits per heavy atom. The first-order valence-electron chi connectivity index (χ1n) is 4.89. The number of nitrogens with zero attached hydrogens (tertiary/aromatic N) is 1. The molecule has 3 nitrogen and oxygen atoms in total. The Balaban J connectivity index is 2.11. The Bertz CT molecular complexity index is 431. The fraction of sp³-hybridized carbons (Fsp3) is 0.250. The molecule has 0 atom stereocenters. The average molecular weight is 203 g/mol. The van der Waals surface area contributed by atoms with Crippen molar-refractivity contribution in [3.05, 3.63) is 52.9 Å². The number of rotatable bonds is 3. The lowest BCUT2D eigenvalue weighted by Crippen LogP contribution is -1.85. The molecule has 0 saturated heterocycles. The van der Waals surface area contributed by atoms with Crippen LogP contribution in [0.2, 0.25) is 0 Å². The molecule has 0 aliphatic carbocycles. The van der Waals surface area contributed by atoms with E-state index < -0.39 is 0 Å². The van der Waals surface area contributed by atoms with Gasteiger partial charge in [-0.25, -0.2) is 0 Å². The number of aliphatic hydroxyl groups is 1. The van der Waals surface area contributed by atoms with Gasteiger partial charge in [0.1, 0.15) is 11.5 Å². The topological polar surface area (TPSA) is 46.3 Å². The molecule has 0 spiro atoms. The Hall–Kier alpha value is -1.61. The fourth-order valence-electron chi connectivity index (χ4n) is 1.42. The molecule has 0 fully saturated rings. The number of aryl methyl sites for hydroxylation is 1. The van der Waals surface area contributed by atoms with E-state index in [9.17, 15) is 0 Å². The first-order chi connectivity index (χ1) is 7.28. The van der Waals surface area contributed by atoms with Crippen molar-refractivity contribution in [2.24, 2.45) is 0 Å². The summed E-state index contributed by atoms with van der Waals surface area (Å²) in [6.45, 7) is 1.99. The van der Waals surface area contributed by atoms with E-state index in [0.29, 0.717) is 12.1 Å². The second-order valence-electron chi connectivity index (χ2n) is 3.61. The van der Waals surface area contributed by atoms with Crippen LogP contribution in [0.4, 0.5) is 0 Å². The molecule has 0 aliphatic heterocycles. The molecule has 1 heterocycles. The van der Waals surface area contributed by atoms with Gasteiger partial charge in [0.05, 0.1) is 6.61 Å². The van der Waals surface area contributed by atoms with Crippen LogP contribution < -0.4 is 0 Å². The third-order valence-corrected chi connectivity index (χ3v) is 2.27. The van der Waals surface area contributed by atoms with Gasteiger partial charge in [0.2, 0.25) is 0 Å². The second kappa shape index (κ2) is 4.28. The van der Waals surface area contributed by atoms with Crippen molar-refractivity contribution in [2.75, 3.05) is 0 Å². The largest absolute Gasteiger partial charge is 0.390 e. The van der Waals surface area contributed by atoms with E-state index in [4.69, 9.17) is 9.63 Å². The van der Waals surface area contributed by atoms with Crippen molar-refractivity contribution < 1.29 is 9.63 Å². The van der Waals surface area contributed by atoms with Crippen LogP contribution in [0.1, 0.15) is 22.6 Å². The zero-order valence-electron chi connectivity index (χ0n) is 8.60. The predicted molar refractivity (Wildman–Crippen MR) is 56.4 cm³/mol. The summed E-state index contributed by atoms with van der Waals surface area (Å²) in [4.78, 5) is 0. The maximum absolute atomic E-state index is 8.83. The average Bonchev–Trinajstić information content (AvgIpc) is 2.69. The molecular weight excluding hydrogens is 190 g/mol. The summed E-state index contributed by atoms with van der Waals surface area (Å²) in [6, 6.07) is 10.0. The highest BCUT2D eigenvalue weighted by atomic mass is 16.5. The number of benzene rings is 1. The molecule has 0 saturated carbocycles. The van der Waals surface area contributed by atoms with Crippen LogP contribution in [-0.2, 0) is 13.0 Å². The standard InChI is InChI=1S/C12H13NO2/c1-9-2-4-10(5-3-9)6-12-7-11(8-14)13-15-12/h2-5,7,14H,6,8H2,1H3. The van der Waals surface area contributed by atoms with Crippen LogP contribution in [0.3, 0.4) is 0 Å². The maximum Gasteiger partial charge on any atom is 0.141 e. The SMILES string of the molecule is Cc1ccc(Cc2cc(CO)no2)cc1. The minimum absolute atomic E-state index is 0.0720. The van der Waals surface area contributed by atoms with Crippen molar-refractivity contribution >= 4 is 0 Å². The molecule has 0 bridgehead atoms. The molecular formula is C12H13NO2. The number of hydrogen-bond donors (Lipinski definition) is 1. The van der Waals surface area contributed by atoms with Gasteiger partial charge in [-0.2, -0.15) is 0 Å². The lowest BCUT2D eigenvalue weighted by Gasteiger charge is -1.97. The Morgan fingerprint density at radius 3 is 2.60 bits per heavy atom. The number of aromatic nitrogens is 1. The van der Waals surface area contributed by atoms with Gasteiger partial charge in [-0.3, -0.25) is 0 Å². The van der Waals surface area contributed by atoms with Crippen LogP contribution in [0.25, 0.3) is 0 Å². The van der Waals surface area contributed by atoms with Crippen molar-refractivity contribution in [2.45, 2.75) is 20.0 Å². The normalized spacial score (nSPS) is 10.5. The molecule has 1 aromatic heterocycles. The van der Waals surface area contributed by atoms with Gasteiger partial charge in [-0.15, -0.1) is 0 Å². The van der Waals surface area contributed by atoms with Gasteiger partial charge in [0.15, 0.2) is 0 Å². The van der Waals surface area contributed by atoms with Crippen LogP contribution in [0, 0.1) is 6.92 Å². The van der Waals surface area contributed by atoms with E-state index in [2.05, 4.69) is 36.3 Å². The summed E-state index contributed by atoms with van der Waals surface area (Å²) in [5, 5.41) is 12.6. The van der Waals surface area contributed by atoms with Crippen molar-refractivity contribution in [1.82, 2.24) is 5.16 Å². The molecule has 15 heavy (non-hydrogen) atoms. The zero-order valence-corrected chi connectivity index (χ0v) is 8.60. The first kappa shape index (κ1) is 9.93. The lowest BCUT2D eigenvalue weighted by atomic mass is 10.1. The monoisotopic (exact) mass is 203 g/mol. The van der Waals surface area contributed by atoms with Crippen LogP contribution in [0.5, 0.6) is 0 Å². The minimum atomic E-state index is -0.0720. The third kappa shape index (κ3) is 2.44. The summed E-state index contributed by atoms with van der Waals surface area (Å²) < 4.78 is 5.08. The van der Waals surface area contributed by atoms with E-state index in [0.717, 1.165) is 5.76 Å². The van der Waals surface area contributed by atoms with Crippen LogP contribution >= 0.6 is 0 Å². The van der Waals surface area contributed by atoms with Gasteiger partial charge in [-0.05, 0) is 12.5 Å². The van der Waals surface area contributed by atoms with E-state index in [1.54, 1.807) is 6.07 Å². The number of hydrogen-bond acceptors (Lipinski definition) is 3. The fourth-order valence-corrected chi connectivity index (χ4v) is 1.42. The minimum Gasteiger partial charge on any atom is -0.390 e. The smallest absolute Gasteiger partial charge is 0.141 e. The molecule has 0 aliphatic rings. The highest BCUT2D eigenvalue weighted by Gasteiger charge is 2.03. The molecule has 0 amide bonds. The van der Waals surface area contributed by atoms with E-state index in [-0.39, 0.29) is 6.61 Å². The van der Waals surface area contributed by atoms with Gasteiger partial charge in [0, 0.05) is 12.5 Å². The summed E-state index contributed by atoms with van der Waals surface area (Å²) in [5.74, 6) is 0.780. The van der Waals surface area contributed by atoms with E-state index in [1.165, 1.54) is 11.1 Å². The lowest BCUT2D eigenvalue weighted by molar-refractivity contribution is 0.265. The Morgan fingerprint density at radius 1 is 1.27 bits per heavy atom. The molecule has 3 heteroatoms. The molecule has 2 rings (SSSR count). The van der Waals surface area contributed by atoms with E-state index >= 15 is 0 Å². The number of aliphatic hydroxyl groups excluding tert-OH is 1. The second-order valence-corrected chi connectivity index (χ2v) is 3.61. The van der Waals surface area contributed by atoms with E-state index in [1.807, 2.05) is 0 Å². The third-order valence-electron chi connectivity index (χ3n) is 2.27. The quantitative estimate of drug-likeness (QED) is 0.830. The van der Waals surface area contributed by atoms with Gasteiger partial charge in [-0.1, -0.05) is 35.0 Å². The first-order valence-corrected chi connectivity index (χ1v) is 4.89. The van der Waals surface area contributed by atoms with Crippen molar-refractivity contribution in [1.29, 1.82) is 0 Å². The summed E-state index contributed by atoms with van der Waals surface area (Å²) in [7, 11) is 0. The summed E-state index contributed by atoms with van der Waals surface area (Å²) >= 11 is 0. The highest BCUT2D eigenvalue weighted by molar-refractivity contribution is 5.24. The molecule has 0 unspecified atom stereocenters. The molecule has 78 valence electrons. The summed E-state index contributed by atoms with van der Waals surface area (Å²) in [6.07, 6.45) is 0.716. The van der Waals surface area contributed by atoms with Crippen LogP contribution in [0.15, 0.2) is 34.9 Å². The molecule has 2 aromatic rings. The van der Waals surface area contributed by atoms with Crippen molar-refractivity contribution in [3.8, 4) is 0 Å². The Labute approximate surface area is 88.3 Å². The van der Waals surface area contributed by atoms with Gasteiger partial charge >= 0.3 is 0 Å². The zero-order chi connectivity index (χ0) is 10.7. The summed E-state index contributed by atoms with van der Waals surface area (Å²) in [5.41, 5.74) is 3.01. The molecule has 1 aromatic carbocycles. The molecule has 0 radical (unpaired) electrons. The molecule has 1 N–H and O–H groups in total. The van der Waals surface area contributed by atoms with Gasteiger partial charge in [0.25, 0.3) is 0 Å². The van der Waals surface area contributed by atoms with Gasteiger partial charge < -0.3 is 9.63 Å². The predicted octanol–water partition coefficient (Wildman–Crippen LogP) is 2.07. The van der Waals surface area contributed by atoms with Crippen LogP contribution in [-0.4, -0.2) is 10.3 Å². The highest BCUT2D eigenvalue weighted by Crippen LogP contribution is 2.11.